The van der Waals surface area contributed by atoms with Gasteiger partial charge in [-0.15, -0.1) is 0 Å². The van der Waals surface area contributed by atoms with Gasteiger partial charge in [0.05, 0.1) is 40.5 Å². The number of benzene rings is 2. The average Bonchev–Trinajstić information content (AvgIpc) is 2.84. The molecule has 25 heavy (non-hydrogen) atoms. The fraction of sp³-hybridized carbons (Fsp3) is 0.167. The van der Waals surface area contributed by atoms with Crippen molar-refractivity contribution in [3.63, 3.8) is 0 Å². The number of hydrogen-bond donors (Lipinski definition) is 2. The lowest BCUT2D eigenvalue weighted by atomic mass is 9.96. The molecule has 0 unspecified atom stereocenters. The maximum atomic E-state index is 13.5. The predicted molar refractivity (Wildman–Crippen MR) is 99.2 cm³/mol. The third-order valence-electron chi connectivity index (χ3n) is 4.12. The largest absolute Gasteiger partial charge is 0.496 e. The van der Waals surface area contributed by atoms with E-state index in [2.05, 4.69) is 5.10 Å². The van der Waals surface area contributed by atoms with Gasteiger partial charge in [0.2, 0.25) is 0 Å². The molecule has 130 valence electrons. The van der Waals surface area contributed by atoms with Gasteiger partial charge in [0.1, 0.15) is 11.6 Å². The second-order valence-corrected chi connectivity index (χ2v) is 6.11. The summed E-state index contributed by atoms with van der Waals surface area (Å²) in [5, 5.41) is 4.78. The van der Waals surface area contributed by atoms with Crippen LogP contribution >= 0.6 is 11.6 Å². The summed E-state index contributed by atoms with van der Waals surface area (Å²) in [6.07, 6.45) is 0. The number of hydrogen-bond acceptors (Lipinski definition) is 4. The highest BCUT2D eigenvalue weighted by Gasteiger charge is 2.24. The van der Waals surface area contributed by atoms with Gasteiger partial charge >= 0.3 is 0 Å². The molecule has 0 amide bonds. The number of ether oxygens (including phenoxy) is 1. The van der Waals surface area contributed by atoms with Crippen molar-refractivity contribution in [3.05, 3.63) is 46.9 Å². The molecule has 2 aromatic carbocycles. The molecule has 0 radical (unpaired) electrons. The minimum Gasteiger partial charge on any atom is -0.496 e. The average molecular weight is 361 g/mol. The molecule has 3 rings (SSSR count). The number of halogens is 2. The minimum absolute atomic E-state index is 0.291. The van der Waals surface area contributed by atoms with Crippen LogP contribution in [0.2, 0.25) is 5.02 Å². The summed E-state index contributed by atoms with van der Waals surface area (Å²) in [4.78, 5) is 0. The Morgan fingerprint density at radius 1 is 1.16 bits per heavy atom. The van der Waals surface area contributed by atoms with Crippen LogP contribution < -0.4 is 16.2 Å². The highest BCUT2D eigenvalue weighted by atomic mass is 35.5. The Kier molecular flexibility index (Phi) is 4.30. The van der Waals surface area contributed by atoms with Crippen LogP contribution in [0.25, 0.3) is 22.4 Å². The molecule has 1 heterocycles. The van der Waals surface area contributed by atoms with Crippen LogP contribution in [0, 0.1) is 12.7 Å². The van der Waals surface area contributed by atoms with E-state index in [9.17, 15) is 4.39 Å². The van der Waals surface area contributed by atoms with Crippen LogP contribution in [0.5, 0.6) is 5.75 Å². The van der Waals surface area contributed by atoms with Crippen molar-refractivity contribution in [2.75, 3.05) is 18.6 Å². The summed E-state index contributed by atoms with van der Waals surface area (Å²) in [5.41, 5.74) is 16.5. The first kappa shape index (κ1) is 17.1. The Balaban J connectivity index is 2.39. The van der Waals surface area contributed by atoms with Crippen molar-refractivity contribution in [1.29, 1.82) is 0 Å². The zero-order valence-corrected chi connectivity index (χ0v) is 14.9. The van der Waals surface area contributed by atoms with Gasteiger partial charge in [-0.1, -0.05) is 11.6 Å². The van der Waals surface area contributed by atoms with Crippen LogP contribution in [0.1, 0.15) is 5.69 Å². The van der Waals surface area contributed by atoms with Gasteiger partial charge in [-0.25, -0.2) is 4.39 Å². The lowest BCUT2D eigenvalue weighted by molar-refractivity contribution is 0.416. The molecule has 0 fully saturated rings. The number of aromatic nitrogens is 2. The van der Waals surface area contributed by atoms with Crippen LogP contribution in [0.3, 0.4) is 0 Å². The van der Waals surface area contributed by atoms with Gasteiger partial charge in [-0.3, -0.25) is 4.68 Å². The van der Waals surface area contributed by atoms with Gasteiger partial charge < -0.3 is 16.2 Å². The van der Waals surface area contributed by atoms with Crippen LogP contribution in [-0.2, 0) is 7.05 Å². The number of nitrogens with zero attached hydrogens (tertiary/aromatic N) is 2. The molecule has 0 atom stereocenters. The smallest absolute Gasteiger partial charge is 0.130 e. The third-order valence-corrected chi connectivity index (χ3v) is 4.43. The van der Waals surface area contributed by atoms with Crippen molar-refractivity contribution in [1.82, 2.24) is 9.78 Å². The molecule has 0 aliphatic heterocycles. The van der Waals surface area contributed by atoms with Gasteiger partial charge in [0, 0.05) is 18.2 Å². The number of rotatable bonds is 3. The molecular weight excluding hydrogens is 343 g/mol. The first-order valence-corrected chi connectivity index (χ1v) is 7.94. The Bertz CT molecular complexity index is 968. The monoisotopic (exact) mass is 360 g/mol. The standard InChI is InChI=1S/C18H18ClFN4O/c1-9-15(11-5-4-10(20)8-12(11)19)18(24(2)23-9)16-14(25-3)7-6-13(21)17(16)22/h4-8H,21-22H2,1-3H3. The van der Waals surface area contributed by atoms with Crippen LogP contribution in [0.4, 0.5) is 15.8 Å². The van der Waals surface area contributed by atoms with Crippen molar-refractivity contribution in [2.45, 2.75) is 6.92 Å². The van der Waals surface area contributed by atoms with E-state index < -0.39 is 5.82 Å². The van der Waals surface area contributed by atoms with Crippen molar-refractivity contribution < 1.29 is 9.13 Å². The second-order valence-electron chi connectivity index (χ2n) is 5.70. The van der Waals surface area contributed by atoms with Gasteiger partial charge in [0.25, 0.3) is 0 Å². The Morgan fingerprint density at radius 2 is 1.88 bits per heavy atom. The van der Waals surface area contributed by atoms with E-state index in [4.69, 9.17) is 27.8 Å². The third kappa shape index (κ3) is 2.78. The molecule has 7 heteroatoms. The van der Waals surface area contributed by atoms with Gasteiger partial charge in [-0.2, -0.15) is 5.10 Å². The molecule has 0 aliphatic rings. The molecule has 0 saturated carbocycles. The molecule has 1 aromatic heterocycles. The summed E-state index contributed by atoms with van der Waals surface area (Å²) >= 11 is 6.29. The highest BCUT2D eigenvalue weighted by molar-refractivity contribution is 6.33. The van der Waals surface area contributed by atoms with Crippen LogP contribution in [0.15, 0.2) is 30.3 Å². The van der Waals surface area contributed by atoms with E-state index in [1.165, 1.54) is 12.1 Å². The number of anilines is 2. The van der Waals surface area contributed by atoms with Crippen LogP contribution in [-0.4, -0.2) is 16.9 Å². The lowest BCUT2D eigenvalue weighted by Gasteiger charge is -2.16. The fourth-order valence-corrected chi connectivity index (χ4v) is 3.25. The summed E-state index contributed by atoms with van der Waals surface area (Å²) in [6, 6.07) is 7.69. The molecule has 0 spiro atoms. The number of methoxy groups -OCH3 is 1. The first-order valence-electron chi connectivity index (χ1n) is 7.56. The molecule has 0 saturated heterocycles. The molecule has 0 aliphatic carbocycles. The normalized spacial score (nSPS) is 10.9. The number of aryl methyl sites for hydroxylation is 2. The highest BCUT2D eigenvalue weighted by Crippen LogP contribution is 2.45. The van der Waals surface area contributed by atoms with Gasteiger partial charge in [-0.05, 0) is 37.3 Å². The molecular formula is C18H18ClFN4O. The van der Waals surface area contributed by atoms with E-state index in [1.807, 2.05) is 6.92 Å². The SMILES string of the molecule is COc1ccc(N)c(N)c1-c1c(-c2ccc(F)cc2Cl)c(C)nn1C. The molecule has 5 nitrogen and oxygen atoms in total. The quantitative estimate of drug-likeness (QED) is 0.691. The maximum Gasteiger partial charge on any atom is 0.130 e. The zero-order chi connectivity index (χ0) is 18.3. The van der Waals surface area contributed by atoms with E-state index in [-0.39, 0.29) is 0 Å². The molecule has 0 bridgehead atoms. The van der Waals surface area contributed by atoms with E-state index in [0.29, 0.717) is 39.0 Å². The number of nitrogen functional groups attached to an aromatic ring is 2. The summed E-state index contributed by atoms with van der Waals surface area (Å²) in [7, 11) is 3.35. The summed E-state index contributed by atoms with van der Waals surface area (Å²) in [6.45, 7) is 1.85. The number of nitrogens with two attached hydrogens (primary N) is 2. The van der Waals surface area contributed by atoms with Gasteiger partial charge in [0.15, 0.2) is 0 Å². The predicted octanol–water partition coefficient (Wildman–Crippen LogP) is 4.03. The Hall–Kier alpha value is -2.73. The van der Waals surface area contributed by atoms with Crippen molar-refractivity contribution in [3.8, 4) is 28.1 Å². The topological polar surface area (TPSA) is 79.1 Å². The van der Waals surface area contributed by atoms with E-state index >= 15 is 0 Å². The maximum absolute atomic E-state index is 13.5. The summed E-state index contributed by atoms with van der Waals surface area (Å²) in [5.74, 6) is 0.159. The lowest BCUT2D eigenvalue weighted by Crippen LogP contribution is -2.03. The fourth-order valence-electron chi connectivity index (χ4n) is 2.99. The van der Waals surface area contributed by atoms with Crippen molar-refractivity contribution >= 4 is 23.0 Å². The first-order chi connectivity index (χ1) is 11.8. The second kappa shape index (κ2) is 6.29. The minimum atomic E-state index is -0.405. The molecule has 3 aromatic rings. The van der Waals surface area contributed by atoms with E-state index in [1.54, 1.807) is 37.0 Å². The van der Waals surface area contributed by atoms with Crippen molar-refractivity contribution in [2.24, 2.45) is 7.05 Å². The van der Waals surface area contributed by atoms with E-state index in [0.717, 1.165) is 11.3 Å². The zero-order valence-electron chi connectivity index (χ0n) is 14.1. The molecule has 4 N–H and O–H groups in total. The summed E-state index contributed by atoms with van der Waals surface area (Å²) < 4.78 is 20.6. The Labute approximate surface area is 150 Å². The Morgan fingerprint density at radius 3 is 2.52 bits per heavy atom.